The minimum absolute atomic E-state index is 0.490. The van der Waals surface area contributed by atoms with E-state index < -0.39 is 0 Å². The Bertz CT molecular complexity index is 751. The van der Waals surface area contributed by atoms with Gasteiger partial charge in [-0.05, 0) is 6.07 Å². The van der Waals surface area contributed by atoms with Crippen LogP contribution in [0.15, 0.2) is 24.7 Å². The molecule has 3 rings (SSSR count). The van der Waals surface area contributed by atoms with Crippen LogP contribution in [0.3, 0.4) is 0 Å². The number of nitrogens with zero attached hydrogens (tertiary/aromatic N) is 5. The van der Waals surface area contributed by atoms with Crippen LogP contribution in [0.4, 0.5) is 5.95 Å². The third-order valence-corrected chi connectivity index (χ3v) is 3.09. The van der Waals surface area contributed by atoms with Gasteiger partial charge in [0.15, 0.2) is 5.65 Å². The van der Waals surface area contributed by atoms with Crippen molar-refractivity contribution in [2.24, 2.45) is 7.05 Å². The maximum atomic E-state index is 6.14. The lowest BCUT2D eigenvalue weighted by Crippen LogP contribution is -1.98. The molecule has 6 nitrogen and oxygen atoms in total. The highest BCUT2D eigenvalue weighted by Gasteiger charge is 2.10. The van der Waals surface area contributed by atoms with Gasteiger partial charge >= 0.3 is 0 Å². The smallest absolute Gasteiger partial charge is 0.223 e. The number of aromatic nitrogens is 5. The Morgan fingerprint density at radius 3 is 2.84 bits per heavy atom. The number of hydrogen-bond acceptors (Lipinski definition) is 5. The van der Waals surface area contributed by atoms with E-state index in [4.69, 9.17) is 11.6 Å². The quantitative estimate of drug-likeness (QED) is 0.775. The van der Waals surface area contributed by atoms with E-state index in [1.165, 1.54) is 0 Å². The van der Waals surface area contributed by atoms with Gasteiger partial charge in [0, 0.05) is 31.2 Å². The van der Waals surface area contributed by atoms with Crippen LogP contribution in [0.2, 0.25) is 5.02 Å². The fourth-order valence-corrected chi connectivity index (χ4v) is 2.06. The molecule has 0 amide bonds. The fourth-order valence-electron chi connectivity index (χ4n) is 1.86. The van der Waals surface area contributed by atoms with Crippen molar-refractivity contribution in [2.45, 2.75) is 0 Å². The number of fused-ring (bicyclic) bond motifs is 1. The largest absolute Gasteiger partial charge is 0.357 e. The van der Waals surface area contributed by atoms with E-state index in [-0.39, 0.29) is 0 Å². The summed E-state index contributed by atoms with van der Waals surface area (Å²) in [6.07, 6.45) is 5.07. The first-order chi connectivity index (χ1) is 9.19. The van der Waals surface area contributed by atoms with Crippen LogP contribution in [-0.4, -0.2) is 31.8 Å². The lowest BCUT2D eigenvalue weighted by Gasteiger charge is -2.05. The van der Waals surface area contributed by atoms with Crippen LogP contribution in [0.1, 0.15) is 0 Å². The highest BCUT2D eigenvalue weighted by atomic mass is 35.5. The summed E-state index contributed by atoms with van der Waals surface area (Å²) < 4.78 is 1.72. The summed E-state index contributed by atoms with van der Waals surface area (Å²) in [7, 11) is 3.61. The van der Waals surface area contributed by atoms with Crippen LogP contribution >= 0.6 is 11.6 Å². The van der Waals surface area contributed by atoms with Gasteiger partial charge < -0.3 is 5.32 Å². The molecule has 0 aromatic carbocycles. The first-order valence-corrected chi connectivity index (χ1v) is 6.05. The van der Waals surface area contributed by atoms with E-state index in [0.29, 0.717) is 16.7 Å². The molecule has 0 saturated carbocycles. The van der Waals surface area contributed by atoms with Crippen molar-refractivity contribution in [2.75, 3.05) is 12.4 Å². The van der Waals surface area contributed by atoms with Gasteiger partial charge in [0.1, 0.15) is 0 Å². The van der Waals surface area contributed by atoms with Crippen molar-refractivity contribution in [3.05, 3.63) is 29.7 Å². The van der Waals surface area contributed by atoms with Gasteiger partial charge in [-0.1, -0.05) is 11.6 Å². The molecule has 0 aliphatic rings. The van der Waals surface area contributed by atoms with E-state index in [0.717, 1.165) is 16.6 Å². The van der Waals surface area contributed by atoms with Crippen LogP contribution in [0.25, 0.3) is 22.3 Å². The molecule has 19 heavy (non-hydrogen) atoms. The lowest BCUT2D eigenvalue weighted by molar-refractivity contribution is 0.786. The Labute approximate surface area is 114 Å². The molecular weight excluding hydrogens is 264 g/mol. The average molecular weight is 275 g/mol. The van der Waals surface area contributed by atoms with Gasteiger partial charge in [-0.2, -0.15) is 5.10 Å². The van der Waals surface area contributed by atoms with Gasteiger partial charge in [-0.25, -0.2) is 15.0 Å². The first kappa shape index (κ1) is 11.9. The van der Waals surface area contributed by atoms with E-state index in [1.54, 1.807) is 30.3 Å². The SMILES string of the molecule is CNc1ncc(Cl)c(-c2cnc3c(cnn3C)c2)n1. The van der Waals surface area contributed by atoms with Crippen molar-refractivity contribution < 1.29 is 0 Å². The summed E-state index contributed by atoms with van der Waals surface area (Å²) in [5, 5.41) is 8.49. The second-order valence-corrected chi connectivity index (χ2v) is 4.45. The van der Waals surface area contributed by atoms with Gasteiger partial charge in [0.05, 0.1) is 23.1 Å². The van der Waals surface area contributed by atoms with Crippen LogP contribution < -0.4 is 5.32 Å². The molecule has 0 bridgehead atoms. The Morgan fingerprint density at radius 2 is 2.05 bits per heavy atom. The third-order valence-electron chi connectivity index (χ3n) is 2.81. The summed E-state index contributed by atoms with van der Waals surface area (Å²) >= 11 is 6.14. The molecule has 0 spiro atoms. The van der Waals surface area contributed by atoms with Crippen molar-refractivity contribution >= 4 is 28.6 Å². The van der Waals surface area contributed by atoms with E-state index in [1.807, 2.05) is 13.1 Å². The van der Waals surface area contributed by atoms with E-state index in [9.17, 15) is 0 Å². The maximum Gasteiger partial charge on any atom is 0.223 e. The first-order valence-electron chi connectivity index (χ1n) is 5.67. The molecule has 0 aliphatic heterocycles. The predicted molar refractivity (Wildman–Crippen MR) is 74.1 cm³/mol. The summed E-state index contributed by atoms with van der Waals surface area (Å²) in [6, 6.07) is 1.96. The normalized spacial score (nSPS) is 10.9. The summed E-state index contributed by atoms with van der Waals surface area (Å²) in [5.41, 5.74) is 2.31. The van der Waals surface area contributed by atoms with Crippen molar-refractivity contribution in [3.8, 4) is 11.3 Å². The molecule has 0 radical (unpaired) electrons. The summed E-state index contributed by atoms with van der Waals surface area (Å²) in [4.78, 5) is 12.8. The summed E-state index contributed by atoms with van der Waals surface area (Å²) in [5.74, 6) is 0.519. The van der Waals surface area contributed by atoms with Crippen LogP contribution in [0, 0.1) is 0 Å². The zero-order chi connectivity index (χ0) is 13.4. The van der Waals surface area contributed by atoms with Crippen molar-refractivity contribution in [1.82, 2.24) is 24.7 Å². The van der Waals surface area contributed by atoms with Crippen LogP contribution in [-0.2, 0) is 7.05 Å². The number of halogens is 1. The number of anilines is 1. The minimum atomic E-state index is 0.490. The van der Waals surface area contributed by atoms with Gasteiger partial charge in [-0.15, -0.1) is 0 Å². The number of nitrogens with one attached hydrogen (secondary N) is 1. The molecule has 3 heterocycles. The van der Waals surface area contributed by atoms with Gasteiger partial charge in [0.2, 0.25) is 5.95 Å². The zero-order valence-electron chi connectivity index (χ0n) is 10.4. The monoisotopic (exact) mass is 274 g/mol. The standard InChI is InChI=1S/C12H11ClN6/c1-14-12-16-6-9(13)10(18-12)7-3-8-5-17-19(2)11(8)15-4-7/h3-6H,1-2H3,(H,14,16,18). The average Bonchev–Trinajstić information content (AvgIpc) is 2.80. The molecule has 0 atom stereocenters. The van der Waals surface area contributed by atoms with Gasteiger partial charge in [0.25, 0.3) is 0 Å². The highest BCUT2D eigenvalue weighted by Crippen LogP contribution is 2.27. The Morgan fingerprint density at radius 1 is 1.21 bits per heavy atom. The molecule has 96 valence electrons. The maximum absolute atomic E-state index is 6.14. The summed E-state index contributed by atoms with van der Waals surface area (Å²) in [6.45, 7) is 0. The predicted octanol–water partition coefficient (Wildman–Crippen LogP) is 2.12. The Balaban J connectivity index is 2.18. The molecule has 7 heteroatoms. The minimum Gasteiger partial charge on any atom is -0.357 e. The second-order valence-electron chi connectivity index (χ2n) is 4.05. The lowest BCUT2D eigenvalue weighted by atomic mass is 10.2. The number of hydrogen-bond donors (Lipinski definition) is 1. The molecule has 3 aromatic heterocycles. The number of aryl methyl sites for hydroxylation is 1. The Kier molecular flexibility index (Phi) is 2.79. The van der Waals surface area contributed by atoms with Crippen molar-refractivity contribution in [1.29, 1.82) is 0 Å². The fraction of sp³-hybridized carbons (Fsp3) is 0.167. The van der Waals surface area contributed by atoms with Crippen LogP contribution in [0.5, 0.6) is 0 Å². The van der Waals surface area contributed by atoms with E-state index >= 15 is 0 Å². The van der Waals surface area contributed by atoms with E-state index in [2.05, 4.69) is 25.4 Å². The molecule has 3 aromatic rings. The van der Waals surface area contributed by atoms with Gasteiger partial charge in [-0.3, -0.25) is 4.68 Å². The second kappa shape index (κ2) is 4.47. The zero-order valence-corrected chi connectivity index (χ0v) is 11.2. The van der Waals surface area contributed by atoms with Crippen molar-refractivity contribution in [3.63, 3.8) is 0 Å². The Hall–Kier alpha value is -2.21. The third kappa shape index (κ3) is 2.00. The molecule has 0 unspecified atom stereocenters. The number of rotatable bonds is 2. The molecule has 0 saturated heterocycles. The molecule has 0 aliphatic carbocycles. The topological polar surface area (TPSA) is 68.5 Å². The number of pyridine rings is 1. The molecule has 1 N–H and O–H groups in total. The highest BCUT2D eigenvalue weighted by molar-refractivity contribution is 6.32. The molecule has 0 fully saturated rings. The molecular formula is C12H11ClN6.